The molecule has 14 aromatic carbocycles. The predicted molar refractivity (Wildman–Crippen MR) is 302 cm³/mol. The Hall–Kier alpha value is -9.10. The number of rotatable bonds is 6. The van der Waals surface area contributed by atoms with Crippen molar-refractivity contribution in [2.45, 2.75) is 0 Å². The van der Waals surface area contributed by atoms with Crippen LogP contribution in [0.25, 0.3) is 142 Å². The van der Waals surface area contributed by atoms with E-state index in [9.17, 15) is 0 Å². The fourth-order valence-electron chi connectivity index (χ4n) is 11.6. The summed E-state index contributed by atoms with van der Waals surface area (Å²) in [5.74, 6) is 0. The zero-order valence-corrected chi connectivity index (χ0v) is 38.4. The van der Waals surface area contributed by atoms with Crippen molar-refractivity contribution < 1.29 is 0 Å². The van der Waals surface area contributed by atoms with Crippen LogP contribution in [0.1, 0.15) is 0 Å². The summed E-state index contributed by atoms with van der Waals surface area (Å²) >= 11 is 0. The van der Waals surface area contributed by atoms with E-state index in [1.165, 1.54) is 142 Å². The van der Waals surface area contributed by atoms with E-state index in [4.69, 9.17) is 0 Å². The lowest BCUT2D eigenvalue weighted by Gasteiger charge is -2.19. The van der Waals surface area contributed by atoms with Crippen LogP contribution >= 0.6 is 0 Å². The first-order chi connectivity index (χ1) is 34.7. The molecule has 0 unspecified atom stereocenters. The molecule has 14 rings (SSSR count). The van der Waals surface area contributed by atoms with Gasteiger partial charge >= 0.3 is 0 Å². The summed E-state index contributed by atoms with van der Waals surface area (Å²) in [5.41, 5.74) is 14.8. The maximum absolute atomic E-state index is 2.41. The Morgan fingerprint density at radius 3 is 0.786 bits per heavy atom. The number of hydrogen-bond acceptors (Lipinski definition) is 0. The summed E-state index contributed by atoms with van der Waals surface area (Å²) in [4.78, 5) is 0. The van der Waals surface area contributed by atoms with E-state index in [0.29, 0.717) is 0 Å². The van der Waals surface area contributed by atoms with Crippen molar-refractivity contribution in [1.82, 2.24) is 0 Å². The Kier molecular flexibility index (Phi) is 9.32. The Labute approximate surface area is 407 Å². The molecule has 0 saturated carbocycles. The van der Waals surface area contributed by atoms with E-state index >= 15 is 0 Å². The molecule has 0 N–H and O–H groups in total. The van der Waals surface area contributed by atoms with Crippen LogP contribution in [-0.2, 0) is 0 Å². The van der Waals surface area contributed by atoms with Gasteiger partial charge in [-0.25, -0.2) is 0 Å². The molecule has 0 amide bonds. The van der Waals surface area contributed by atoms with E-state index in [1.807, 2.05) is 0 Å². The Morgan fingerprint density at radius 2 is 0.414 bits per heavy atom. The van der Waals surface area contributed by atoms with E-state index in [1.54, 1.807) is 0 Å². The molecule has 0 aliphatic carbocycles. The summed E-state index contributed by atoms with van der Waals surface area (Å²) in [7, 11) is 0. The van der Waals surface area contributed by atoms with Crippen LogP contribution in [0.4, 0.5) is 0 Å². The normalized spacial score (nSPS) is 11.7. The zero-order valence-electron chi connectivity index (χ0n) is 38.4. The summed E-state index contributed by atoms with van der Waals surface area (Å²) in [6.45, 7) is 0. The zero-order chi connectivity index (χ0) is 46.1. The Bertz CT molecular complexity index is 3940. The molecule has 0 fully saturated rings. The van der Waals surface area contributed by atoms with Gasteiger partial charge in [0.15, 0.2) is 0 Å². The van der Waals surface area contributed by atoms with Crippen LogP contribution in [0.2, 0.25) is 0 Å². The molecular formula is C70H44. The van der Waals surface area contributed by atoms with Crippen molar-refractivity contribution in [3.05, 3.63) is 267 Å². The van der Waals surface area contributed by atoms with Gasteiger partial charge in [-0.3, -0.25) is 0 Å². The Balaban J connectivity index is 0.978. The molecule has 70 heavy (non-hydrogen) atoms. The fourth-order valence-corrected chi connectivity index (χ4v) is 11.6. The molecule has 0 heteroatoms. The lowest BCUT2D eigenvalue weighted by molar-refractivity contribution is 1.63. The molecule has 14 aromatic rings. The second-order valence-corrected chi connectivity index (χ2v) is 18.7. The SMILES string of the molecule is c1ccc2c(-c3cccc4c(-c5ccc6ccc(-c7ccc(-c8cccc9ccccc89)c8c(-c9cccc%10ccccc9%10)cccc78)cc6c5)ccc(-c5cccc6ccccc56)c34)cccc2c1. The van der Waals surface area contributed by atoms with Gasteiger partial charge in [0.1, 0.15) is 0 Å². The van der Waals surface area contributed by atoms with Crippen LogP contribution in [0.5, 0.6) is 0 Å². The van der Waals surface area contributed by atoms with Crippen molar-refractivity contribution in [1.29, 1.82) is 0 Å². The molecule has 324 valence electrons. The minimum absolute atomic E-state index is 1.20. The fraction of sp³-hybridized carbons (Fsp3) is 0. The van der Waals surface area contributed by atoms with Gasteiger partial charge in [0.2, 0.25) is 0 Å². The average Bonchev–Trinajstić information content (AvgIpc) is 3.43. The topological polar surface area (TPSA) is 0 Å². The number of hydrogen-bond donors (Lipinski definition) is 0. The molecule has 0 saturated heterocycles. The minimum Gasteiger partial charge on any atom is -0.0616 e. The van der Waals surface area contributed by atoms with Gasteiger partial charge in [-0.15, -0.1) is 0 Å². The third-order valence-electron chi connectivity index (χ3n) is 14.9. The molecule has 0 radical (unpaired) electrons. The first-order valence-electron chi connectivity index (χ1n) is 24.3. The molecule has 0 aliphatic rings. The maximum atomic E-state index is 2.41. The quantitative estimate of drug-likeness (QED) is 0.156. The summed E-state index contributed by atoms with van der Waals surface area (Å²) in [6, 6.07) is 99.1. The third-order valence-corrected chi connectivity index (χ3v) is 14.9. The van der Waals surface area contributed by atoms with Gasteiger partial charge in [-0.1, -0.05) is 255 Å². The first-order valence-corrected chi connectivity index (χ1v) is 24.3. The molecule has 0 nitrogen and oxygen atoms in total. The maximum Gasteiger partial charge on any atom is -0.00201 e. The molecule has 0 spiro atoms. The van der Waals surface area contributed by atoms with Gasteiger partial charge in [0, 0.05) is 0 Å². The molecular weight excluding hydrogens is 841 g/mol. The van der Waals surface area contributed by atoms with Crippen molar-refractivity contribution in [3.8, 4) is 66.8 Å². The van der Waals surface area contributed by atoms with Crippen LogP contribution in [0.15, 0.2) is 267 Å². The standard InChI is InChI=1S/C70H44/c1-5-23-53-46(15-1)19-9-27-59(53)65-33-13-31-63-57(39-41-67(69(63)65)61-29-11-21-48-17-3-7-25-55(48)61)50-37-35-45-36-38-51(44-52(45)43-50)58-40-42-68(62-30-12-22-49-18-4-8-26-56(49)62)70-64(58)32-14-34-66(70)60-28-10-20-47-16-2-6-24-54(47)60/h1-44H. The second kappa shape index (κ2) is 16.3. The van der Waals surface area contributed by atoms with Crippen LogP contribution in [0.3, 0.4) is 0 Å². The van der Waals surface area contributed by atoms with Crippen molar-refractivity contribution >= 4 is 75.4 Å². The van der Waals surface area contributed by atoms with E-state index in [2.05, 4.69) is 267 Å². The average molecular weight is 885 g/mol. The highest BCUT2D eigenvalue weighted by Gasteiger charge is 2.20. The highest BCUT2D eigenvalue weighted by atomic mass is 14.2. The molecule has 0 aliphatic heterocycles. The highest BCUT2D eigenvalue weighted by molar-refractivity contribution is 6.19. The summed E-state index contributed by atoms with van der Waals surface area (Å²) < 4.78 is 0. The van der Waals surface area contributed by atoms with Gasteiger partial charge in [0.25, 0.3) is 0 Å². The molecule has 0 aromatic heterocycles. The van der Waals surface area contributed by atoms with Crippen LogP contribution in [-0.4, -0.2) is 0 Å². The Morgan fingerprint density at radius 1 is 0.143 bits per heavy atom. The summed E-state index contributed by atoms with van der Waals surface area (Å²) in [5, 5.41) is 17.4. The molecule has 0 bridgehead atoms. The van der Waals surface area contributed by atoms with E-state index in [-0.39, 0.29) is 0 Å². The van der Waals surface area contributed by atoms with E-state index < -0.39 is 0 Å². The smallest absolute Gasteiger partial charge is 0.00201 e. The third kappa shape index (κ3) is 6.45. The second-order valence-electron chi connectivity index (χ2n) is 18.7. The van der Waals surface area contributed by atoms with Crippen LogP contribution < -0.4 is 0 Å². The lowest BCUT2D eigenvalue weighted by atomic mass is 9.84. The van der Waals surface area contributed by atoms with E-state index in [0.717, 1.165) is 0 Å². The van der Waals surface area contributed by atoms with Crippen molar-refractivity contribution in [2.24, 2.45) is 0 Å². The predicted octanol–water partition coefficient (Wildman–Crippen LogP) is 19.8. The monoisotopic (exact) mass is 884 g/mol. The largest absolute Gasteiger partial charge is 0.0616 e. The van der Waals surface area contributed by atoms with Gasteiger partial charge < -0.3 is 0 Å². The molecule has 0 heterocycles. The lowest BCUT2D eigenvalue weighted by Crippen LogP contribution is -1.92. The summed E-state index contributed by atoms with van der Waals surface area (Å²) in [6.07, 6.45) is 0. The van der Waals surface area contributed by atoms with Gasteiger partial charge in [-0.2, -0.15) is 0 Å². The number of benzene rings is 14. The number of fused-ring (bicyclic) bond motifs is 7. The molecule has 0 atom stereocenters. The first kappa shape index (κ1) is 40.0. The van der Waals surface area contributed by atoms with Crippen molar-refractivity contribution in [3.63, 3.8) is 0 Å². The minimum atomic E-state index is 1.20. The van der Waals surface area contributed by atoms with Crippen molar-refractivity contribution in [2.75, 3.05) is 0 Å². The van der Waals surface area contributed by atoms with Crippen LogP contribution in [0, 0.1) is 0 Å². The van der Waals surface area contributed by atoms with Gasteiger partial charge in [0.05, 0.1) is 0 Å². The van der Waals surface area contributed by atoms with Gasteiger partial charge in [-0.05, 0) is 154 Å². The highest BCUT2D eigenvalue weighted by Crippen LogP contribution is 2.47.